The topological polar surface area (TPSA) is 50.9 Å². The second kappa shape index (κ2) is 5.80. The van der Waals surface area contributed by atoms with E-state index < -0.39 is 0 Å². The molecule has 0 amide bonds. The molecule has 1 heterocycles. The van der Waals surface area contributed by atoms with Crippen LogP contribution in [0.5, 0.6) is 0 Å². The van der Waals surface area contributed by atoms with Crippen LogP contribution >= 0.6 is 12.2 Å². The predicted molar refractivity (Wildman–Crippen MR) is 72.8 cm³/mol. The maximum atomic E-state index is 5.70. The standard InChI is InChI=1S/C12H19N3S/c1-8(2)4-6-14-12-10(11(13)16)9(3)5-7-15-12/h5,7-8H,4,6H2,1-3H3,(H2,13,16)(H,14,15). The van der Waals surface area contributed by atoms with Crippen molar-refractivity contribution in [2.24, 2.45) is 11.7 Å². The molecule has 0 aliphatic rings. The van der Waals surface area contributed by atoms with Crippen molar-refractivity contribution in [1.82, 2.24) is 4.98 Å². The number of hydrogen-bond acceptors (Lipinski definition) is 3. The molecule has 0 atom stereocenters. The van der Waals surface area contributed by atoms with Gasteiger partial charge in [0.05, 0.1) is 5.56 Å². The Bertz CT molecular complexity index is 375. The summed E-state index contributed by atoms with van der Waals surface area (Å²) in [4.78, 5) is 4.68. The first-order valence-corrected chi connectivity index (χ1v) is 5.92. The number of anilines is 1. The van der Waals surface area contributed by atoms with E-state index in [0.29, 0.717) is 10.9 Å². The molecule has 0 radical (unpaired) electrons. The number of rotatable bonds is 5. The van der Waals surface area contributed by atoms with Crippen LogP contribution in [0.4, 0.5) is 5.82 Å². The van der Waals surface area contributed by atoms with Crippen LogP contribution in [0.1, 0.15) is 31.4 Å². The second-order valence-electron chi connectivity index (χ2n) is 4.33. The van der Waals surface area contributed by atoms with Crippen molar-refractivity contribution in [3.8, 4) is 0 Å². The highest BCUT2D eigenvalue weighted by Crippen LogP contribution is 2.16. The Balaban J connectivity index is 2.79. The summed E-state index contributed by atoms with van der Waals surface area (Å²) >= 11 is 5.04. The second-order valence-corrected chi connectivity index (χ2v) is 4.76. The summed E-state index contributed by atoms with van der Waals surface area (Å²) in [7, 11) is 0. The first kappa shape index (κ1) is 12.9. The summed E-state index contributed by atoms with van der Waals surface area (Å²) in [5, 5.41) is 3.29. The smallest absolute Gasteiger partial charge is 0.136 e. The molecule has 0 spiro atoms. The van der Waals surface area contributed by atoms with E-state index in [4.69, 9.17) is 18.0 Å². The van der Waals surface area contributed by atoms with Gasteiger partial charge in [-0.3, -0.25) is 0 Å². The minimum absolute atomic E-state index is 0.401. The van der Waals surface area contributed by atoms with E-state index in [0.717, 1.165) is 29.9 Å². The summed E-state index contributed by atoms with van der Waals surface area (Å²) in [5.41, 5.74) is 7.63. The number of thiocarbonyl (C=S) groups is 1. The molecule has 4 heteroatoms. The van der Waals surface area contributed by atoms with Crippen LogP contribution in [0.25, 0.3) is 0 Å². The van der Waals surface area contributed by atoms with Crippen LogP contribution in [-0.2, 0) is 0 Å². The van der Waals surface area contributed by atoms with Gasteiger partial charge in [-0.25, -0.2) is 4.98 Å². The molecular formula is C12H19N3S. The minimum Gasteiger partial charge on any atom is -0.389 e. The molecule has 88 valence electrons. The third kappa shape index (κ3) is 3.45. The van der Waals surface area contributed by atoms with Gasteiger partial charge >= 0.3 is 0 Å². The lowest BCUT2D eigenvalue weighted by atomic mass is 10.1. The molecule has 0 aliphatic carbocycles. The van der Waals surface area contributed by atoms with E-state index in [9.17, 15) is 0 Å². The lowest BCUT2D eigenvalue weighted by Crippen LogP contribution is -2.17. The van der Waals surface area contributed by atoms with Crippen molar-refractivity contribution in [2.75, 3.05) is 11.9 Å². The van der Waals surface area contributed by atoms with Gasteiger partial charge in [-0.15, -0.1) is 0 Å². The third-order valence-corrected chi connectivity index (χ3v) is 2.62. The van der Waals surface area contributed by atoms with Gasteiger partial charge in [0.25, 0.3) is 0 Å². The SMILES string of the molecule is Cc1ccnc(NCCC(C)C)c1C(N)=S. The summed E-state index contributed by atoms with van der Waals surface area (Å²) < 4.78 is 0. The number of hydrogen-bond donors (Lipinski definition) is 2. The van der Waals surface area contributed by atoms with Gasteiger partial charge < -0.3 is 11.1 Å². The highest BCUT2D eigenvalue weighted by atomic mass is 32.1. The van der Waals surface area contributed by atoms with E-state index >= 15 is 0 Å². The molecular weight excluding hydrogens is 218 g/mol. The van der Waals surface area contributed by atoms with E-state index in [2.05, 4.69) is 24.1 Å². The normalized spacial score (nSPS) is 10.5. The fourth-order valence-electron chi connectivity index (χ4n) is 1.48. The summed E-state index contributed by atoms with van der Waals surface area (Å²) in [6, 6.07) is 1.92. The fraction of sp³-hybridized carbons (Fsp3) is 0.500. The van der Waals surface area contributed by atoms with E-state index in [-0.39, 0.29) is 0 Å². The summed E-state index contributed by atoms with van der Waals surface area (Å²) in [6.07, 6.45) is 2.88. The summed E-state index contributed by atoms with van der Waals surface area (Å²) in [5.74, 6) is 1.47. The third-order valence-electron chi connectivity index (χ3n) is 2.42. The Morgan fingerprint density at radius 3 is 2.81 bits per heavy atom. The first-order chi connectivity index (χ1) is 7.52. The van der Waals surface area contributed by atoms with Gasteiger partial charge in [0, 0.05) is 12.7 Å². The molecule has 0 aromatic carbocycles. The molecule has 0 unspecified atom stereocenters. The van der Waals surface area contributed by atoms with Gasteiger partial charge in [-0.1, -0.05) is 26.1 Å². The lowest BCUT2D eigenvalue weighted by Gasteiger charge is -2.12. The lowest BCUT2D eigenvalue weighted by molar-refractivity contribution is 0.606. The molecule has 1 rings (SSSR count). The van der Waals surface area contributed by atoms with Crippen LogP contribution in [-0.4, -0.2) is 16.5 Å². The van der Waals surface area contributed by atoms with Gasteiger partial charge in [-0.2, -0.15) is 0 Å². The van der Waals surface area contributed by atoms with Crippen LogP contribution < -0.4 is 11.1 Å². The van der Waals surface area contributed by atoms with E-state index in [1.54, 1.807) is 6.20 Å². The highest BCUT2D eigenvalue weighted by Gasteiger charge is 2.09. The average molecular weight is 237 g/mol. The Kier molecular flexibility index (Phi) is 4.68. The Morgan fingerprint density at radius 1 is 1.56 bits per heavy atom. The number of aromatic nitrogens is 1. The molecule has 0 bridgehead atoms. The molecule has 3 nitrogen and oxygen atoms in total. The van der Waals surface area contributed by atoms with Crippen molar-refractivity contribution in [1.29, 1.82) is 0 Å². The monoisotopic (exact) mass is 237 g/mol. The maximum absolute atomic E-state index is 5.70. The van der Waals surface area contributed by atoms with Crippen molar-refractivity contribution in [3.63, 3.8) is 0 Å². The molecule has 3 N–H and O–H groups in total. The Morgan fingerprint density at radius 2 is 2.25 bits per heavy atom. The Labute approximate surface area is 102 Å². The van der Waals surface area contributed by atoms with Crippen molar-refractivity contribution in [2.45, 2.75) is 27.2 Å². The number of pyridine rings is 1. The first-order valence-electron chi connectivity index (χ1n) is 5.51. The molecule has 1 aromatic rings. The number of nitrogens with one attached hydrogen (secondary N) is 1. The highest BCUT2D eigenvalue weighted by molar-refractivity contribution is 7.80. The number of aryl methyl sites for hydroxylation is 1. The molecule has 0 saturated heterocycles. The largest absolute Gasteiger partial charge is 0.389 e. The van der Waals surface area contributed by atoms with Gasteiger partial charge in [0.2, 0.25) is 0 Å². The number of nitrogens with zero attached hydrogens (tertiary/aromatic N) is 1. The zero-order valence-electron chi connectivity index (χ0n) is 10.1. The van der Waals surface area contributed by atoms with Crippen LogP contribution in [0.15, 0.2) is 12.3 Å². The van der Waals surface area contributed by atoms with E-state index in [1.165, 1.54) is 0 Å². The van der Waals surface area contributed by atoms with Gasteiger partial charge in [-0.05, 0) is 30.9 Å². The van der Waals surface area contributed by atoms with Gasteiger partial charge in [0.15, 0.2) is 0 Å². The van der Waals surface area contributed by atoms with Crippen molar-refractivity contribution < 1.29 is 0 Å². The zero-order chi connectivity index (χ0) is 12.1. The summed E-state index contributed by atoms with van der Waals surface area (Å²) in [6.45, 7) is 7.27. The van der Waals surface area contributed by atoms with E-state index in [1.807, 2.05) is 13.0 Å². The van der Waals surface area contributed by atoms with Crippen LogP contribution in [0.2, 0.25) is 0 Å². The zero-order valence-corrected chi connectivity index (χ0v) is 10.9. The quantitative estimate of drug-likeness (QED) is 0.773. The van der Waals surface area contributed by atoms with Crippen molar-refractivity contribution in [3.05, 3.63) is 23.4 Å². The average Bonchev–Trinajstić information content (AvgIpc) is 2.16. The minimum atomic E-state index is 0.401. The van der Waals surface area contributed by atoms with Gasteiger partial charge in [0.1, 0.15) is 10.8 Å². The number of nitrogens with two attached hydrogens (primary N) is 1. The van der Waals surface area contributed by atoms with Crippen LogP contribution in [0, 0.1) is 12.8 Å². The molecule has 16 heavy (non-hydrogen) atoms. The van der Waals surface area contributed by atoms with Crippen molar-refractivity contribution >= 4 is 23.0 Å². The molecule has 0 fully saturated rings. The predicted octanol–water partition coefficient (Wildman–Crippen LogP) is 2.48. The fourth-order valence-corrected chi connectivity index (χ4v) is 1.74. The molecule has 0 saturated carbocycles. The van der Waals surface area contributed by atoms with Crippen LogP contribution in [0.3, 0.4) is 0 Å². The molecule has 0 aliphatic heterocycles. The molecule has 1 aromatic heterocycles. The Hall–Kier alpha value is -1.16. The maximum Gasteiger partial charge on any atom is 0.136 e.